The molecule has 0 aromatic heterocycles. The first kappa shape index (κ1) is 12.0. The zero-order valence-electron chi connectivity index (χ0n) is 9.15. The minimum absolute atomic E-state index is 0.130. The van der Waals surface area contributed by atoms with Gasteiger partial charge in [-0.15, -0.1) is 0 Å². The maximum atomic E-state index is 8.92. The second kappa shape index (κ2) is 7.21. The van der Waals surface area contributed by atoms with Gasteiger partial charge in [-0.1, -0.05) is 43.3 Å². The molecule has 0 unspecified atom stereocenters. The van der Waals surface area contributed by atoms with Crippen LogP contribution in [0.1, 0.15) is 18.9 Å². The van der Waals surface area contributed by atoms with Crippen molar-refractivity contribution in [1.29, 1.82) is 0 Å². The Bertz CT molecular complexity index is 285. The summed E-state index contributed by atoms with van der Waals surface area (Å²) in [6, 6.07) is 10.1. The van der Waals surface area contributed by atoms with Gasteiger partial charge in [0.1, 0.15) is 0 Å². The molecule has 0 heterocycles. The number of ether oxygens (including phenoxy) is 1. The first-order valence-corrected chi connectivity index (χ1v) is 5.27. The van der Waals surface area contributed by atoms with Gasteiger partial charge in [0.05, 0.1) is 19.8 Å². The summed E-state index contributed by atoms with van der Waals surface area (Å²) in [4.78, 5) is 0. The Morgan fingerprint density at radius 3 is 2.67 bits per heavy atom. The predicted octanol–water partition coefficient (Wildman–Crippen LogP) is 2.53. The van der Waals surface area contributed by atoms with Crippen molar-refractivity contribution in [2.45, 2.75) is 20.0 Å². The Labute approximate surface area is 91.2 Å². The van der Waals surface area contributed by atoms with Crippen molar-refractivity contribution < 1.29 is 9.84 Å². The van der Waals surface area contributed by atoms with Crippen molar-refractivity contribution in [3.63, 3.8) is 0 Å². The van der Waals surface area contributed by atoms with Crippen molar-refractivity contribution in [3.05, 3.63) is 47.5 Å². The molecular weight excluding hydrogens is 188 g/mol. The third-order valence-electron chi connectivity index (χ3n) is 2.26. The zero-order chi connectivity index (χ0) is 10.9. The third-order valence-corrected chi connectivity index (χ3v) is 2.26. The molecule has 1 aromatic carbocycles. The fourth-order valence-corrected chi connectivity index (χ4v) is 1.25. The van der Waals surface area contributed by atoms with E-state index in [1.54, 1.807) is 0 Å². The van der Waals surface area contributed by atoms with Crippen LogP contribution in [-0.4, -0.2) is 18.3 Å². The van der Waals surface area contributed by atoms with Crippen LogP contribution in [0.5, 0.6) is 0 Å². The number of hydrogen-bond acceptors (Lipinski definition) is 2. The van der Waals surface area contributed by atoms with Crippen LogP contribution in [0, 0.1) is 0 Å². The van der Waals surface area contributed by atoms with Crippen molar-refractivity contribution in [2.75, 3.05) is 13.2 Å². The standard InChI is InChI=1S/C13H18O2/c1-2-12(10-14)8-9-15-11-13-6-4-3-5-7-13/h3-8,14H,2,9-11H2,1H3/b12-8-. The monoisotopic (exact) mass is 206 g/mol. The highest BCUT2D eigenvalue weighted by molar-refractivity contribution is 5.13. The second-order valence-corrected chi connectivity index (χ2v) is 3.37. The lowest BCUT2D eigenvalue weighted by molar-refractivity contribution is 0.147. The SMILES string of the molecule is CC/C(=C/COCc1ccccc1)CO. The Morgan fingerprint density at radius 1 is 1.33 bits per heavy atom. The molecule has 1 N–H and O–H groups in total. The van der Waals surface area contributed by atoms with E-state index in [0.29, 0.717) is 13.2 Å². The summed E-state index contributed by atoms with van der Waals surface area (Å²) in [5.41, 5.74) is 2.20. The molecule has 0 aliphatic carbocycles. The molecule has 0 fully saturated rings. The minimum Gasteiger partial charge on any atom is -0.392 e. The lowest BCUT2D eigenvalue weighted by Crippen LogP contribution is -1.96. The highest BCUT2D eigenvalue weighted by Gasteiger charge is 1.92. The lowest BCUT2D eigenvalue weighted by atomic mass is 10.2. The van der Waals surface area contributed by atoms with E-state index >= 15 is 0 Å². The van der Waals surface area contributed by atoms with Crippen molar-refractivity contribution in [2.24, 2.45) is 0 Å². The molecule has 15 heavy (non-hydrogen) atoms. The molecule has 0 aliphatic rings. The van der Waals surface area contributed by atoms with Gasteiger partial charge < -0.3 is 9.84 Å². The van der Waals surface area contributed by atoms with Crippen LogP contribution in [0.3, 0.4) is 0 Å². The highest BCUT2D eigenvalue weighted by Crippen LogP contribution is 2.02. The molecule has 2 nitrogen and oxygen atoms in total. The summed E-state index contributed by atoms with van der Waals surface area (Å²) in [5, 5.41) is 8.92. The topological polar surface area (TPSA) is 29.5 Å². The summed E-state index contributed by atoms with van der Waals surface area (Å²) in [5.74, 6) is 0. The summed E-state index contributed by atoms with van der Waals surface area (Å²) in [6.07, 6.45) is 2.83. The molecule has 0 atom stereocenters. The van der Waals surface area contributed by atoms with Crippen LogP contribution in [0.4, 0.5) is 0 Å². The Kier molecular flexibility index (Phi) is 5.74. The van der Waals surface area contributed by atoms with Crippen LogP contribution in [0.25, 0.3) is 0 Å². The van der Waals surface area contributed by atoms with Crippen LogP contribution in [-0.2, 0) is 11.3 Å². The van der Waals surface area contributed by atoms with E-state index in [-0.39, 0.29) is 6.61 Å². The maximum Gasteiger partial charge on any atom is 0.0721 e. The number of rotatable bonds is 6. The second-order valence-electron chi connectivity index (χ2n) is 3.37. The maximum absolute atomic E-state index is 8.92. The summed E-state index contributed by atoms with van der Waals surface area (Å²) in [6.45, 7) is 3.35. The molecule has 0 aliphatic heterocycles. The van der Waals surface area contributed by atoms with Gasteiger partial charge in [-0.2, -0.15) is 0 Å². The fraction of sp³-hybridized carbons (Fsp3) is 0.385. The molecule has 2 heteroatoms. The minimum atomic E-state index is 0.130. The lowest BCUT2D eigenvalue weighted by Gasteiger charge is -2.03. The Balaban J connectivity index is 2.25. The van der Waals surface area contributed by atoms with Gasteiger partial charge in [0, 0.05) is 0 Å². The predicted molar refractivity (Wildman–Crippen MR) is 61.6 cm³/mol. The number of aliphatic hydroxyl groups excluding tert-OH is 1. The van der Waals surface area contributed by atoms with Crippen molar-refractivity contribution >= 4 is 0 Å². The van der Waals surface area contributed by atoms with E-state index in [9.17, 15) is 0 Å². The number of hydrogen-bond donors (Lipinski definition) is 1. The molecule has 82 valence electrons. The van der Waals surface area contributed by atoms with E-state index in [1.807, 2.05) is 43.3 Å². The number of benzene rings is 1. The molecule has 0 spiro atoms. The first-order chi connectivity index (χ1) is 7.36. The molecule has 1 aromatic rings. The van der Waals surface area contributed by atoms with E-state index in [2.05, 4.69) is 0 Å². The molecule has 0 bridgehead atoms. The third kappa shape index (κ3) is 4.77. The van der Waals surface area contributed by atoms with Crippen LogP contribution < -0.4 is 0 Å². The fourth-order valence-electron chi connectivity index (χ4n) is 1.25. The van der Waals surface area contributed by atoms with Gasteiger partial charge in [-0.05, 0) is 17.6 Å². The molecule has 0 saturated heterocycles. The van der Waals surface area contributed by atoms with Crippen LogP contribution >= 0.6 is 0 Å². The summed E-state index contributed by atoms with van der Waals surface area (Å²) >= 11 is 0. The Morgan fingerprint density at radius 2 is 2.07 bits per heavy atom. The van der Waals surface area contributed by atoms with Crippen LogP contribution in [0.2, 0.25) is 0 Å². The van der Waals surface area contributed by atoms with Gasteiger partial charge in [0.15, 0.2) is 0 Å². The van der Waals surface area contributed by atoms with Gasteiger partial charge in [0.2, 0.25) is 0 Å². The van der Waals surface area contributed by atoms with Gasteiger partial charge >= 0.3 is 0 Å². The van der Waals surface area contributed by atoms with E-state index in [4.69, 9.17) is 9.84 Å². The normalized spacial score (nSPS) is 11.7. The van der Waals surface area contributed by atoms with Crippen molar-refractivity contribution in [1.82, 2.24) is 0 Å². The van der Waals surface area contributed by atoms with Crippen molar-refractivity contribution in [3.8, 4) is 0 Å². The number of aliphatic hydroxyl groups is 1. The molecule has 0 radical (unpaired) electrons. The molecule has 1 rings (SSSR count). The Hall–Kier alpha value is -1.12. The van der Waals surface area contributed by atoms with E-state index in [0.717, 1.165) is 12.0 Å². The van der Waals surface area contributed by atoms with Gasteiger partial charge in [-0.25, -0.2) is 0 Å². The van der Waals surface area contributed by atoms with Gasteiger partial charge in [-0.3, -0.25) is 0 Å². The first-order valence-electron chi connectivity index (χ1n) is 5.27. The van der Waals surface area contributed by atoms with E-state index < -0.39 is 0 Å². The molecular formula is C13H18O2. The molecule has 0 amide bonds. The summed E-state index contributed by atoms with van der Waals surface area (Å²) in [7, 11) is 0. The molecule has 0 saturated carbocycles. The van der Waals surface area contributed by atoms with Crippen LogP contribution in [0.15, 0.2) is 42.0 Å². The smallest absolute Gasteiger partial charge is 0.0721 e. The summed E-state index contributed by atoms with van der Waals surface area (Å²) < 4.78 is 5.47. The quantitative estimate of drug-likeness (QED) is 0.572. The van der Waals surface area contributed by atoms with E-state index in [1.165, 1.54) is 5.56 Å². The average molecular weight is 206 g/mol. The van der Waals surface area contributed by atoms with Gasteiger partial charge in [0.25, 0.3) is 0 Å². The highest BCUT2D eigenvalue weighted by atomic mass is 16.5. The largest absolute Gasteiger partial charge is 0.392 e. The average Bonchev–Trinajstić information content (AvgIpc) is 2.31. The zero-order valence-corrected chi connectivity index (χ0v) is 9.15.